The van der Waals surface area contributed by atoms with E-state index < -0.39 is 0 Å². The number of aromatic nitrogens is 2. The van der Waals surface area contributed by atoms with Gasteiger partial charge in [-0.25, -0.2) is 0 Å². The van der Waals surface area contributed by atoms with Gasteiger partial charge in [-0.3, -0.25) is 9.59 Å². The van der Waals surface area contributed by atoms with E-state index in [4.69, 9.17) is 0 Å². The Morgan fingerprint density at radius 3 is 1.89 bits per heavy atom. The van der Waals surface area contributed by atoms with Crippen molar-refractivity contribution in [1.29, 1.82) is 0 Å². The lowest BCUT2D eigenvalue weighted by molar-refractivity contribution is 0.869. The topological polar surface area (TPSA) is 44.0 Å². The number of fused-ring (bicyclic) bond motifs is 2. The third kappa shape index (κ3) is 4.55. The molecule has 0 atom stereocenters. The average Bonchev–Trinajstić information content (AvgIpc) is 2.64. The van der Waals surface area contributed by atoms with Crippen molar-refractivity contribution in [1.82, 2.24) is 9.13 Å². The zero-order valence-electron chi connectivity index (χ0n) is 13.9. The van der Waals surface area contributed by atoms with E-state index in [2.05, 4.69) is 15.9 Å². The third-order valence-corrected chi connectivity index (χ3v) is 4.66. The molecule has 0 N–H and O–H groups in total. The lowest BCUT2D eigenvalue weighted by Crippen LogP contribution is -2.15. The van der Waals surface area contributed by atoms with E-state index >= 15 is 0 Å². The van der Waals surface area contributed by atoms with E-state index in [0.29, 0.717) is 0 Å². The van der Waals surface area contributed by atoms with Gasteiger partial charge in [-0.05, 0) is 39.5 Å². The van der Waals surface area contributed by atoms with Crippen LogP contribution in [0, 0.1) is 0 Å². The fourth-order valence-electron chi connectivity index (χ4n) is 2.65. The number of benzene rings is 2. The van der Waals surface area contributed by atoms with Crippen LogP contribution in [0.5, 0.6) is 0 Å². The van der Waals surface area contributed by atoms with Crippen molar-refractivity contribution in [2.24, 2.45) is 14.1 Å². The Morgan fingerprint density at radius 2 is 1.22 bits per heavy atom. The average molecular weight is 429 g/mol. The summed E-state index contributed by atoms with van der Waals surface area (Å²) in [6.07, 6.45) is 3.56. The Kier molecular flexibility index (Phi) is 7.73. The predicted molar refractivity (Wildman–Crippen MR) is 120 cm³/mol. The first kappa shape index (κ1) is 22.4. The van der Waals surface area contributed by atoms with Crippen LogP contribution in [0.3, 0.4) is 0 Å². The lowest BCUT2D eigenvalue weighted by Gasteiger charge is -2.02. The van der Waals surface area contributed by atoms with Gasteiger partial charge in [-0.1, -0.05) is 51.3 Å². The van der Waals surface area contributed by atoms with Gasteiger partial charge < -0.3 is 9.13 Å². The minimum Gasteiger partial charge on any atom is -0.318 e. The van der Waals surface area contributed by atoms with E-state index in [-0.39, 0.29) is 26.0 Å². The molecule has 0 saturated heterocycles. The van der Waals surface area contributed by atoms with Gasteiger partial charge in [0.15, 0.2) is 0 Å². The highest BCUT2D eigenvalue weighted by Crippen LogP contribution is 2.19. The van der Waals surface area contributed by atoms with E-state index in [1.165, 1.54) is 0 Å². The molecular formula is C22H25BrN2O2. The fourth-order valence-corrected chi connectivity index (χ4v) is 3.31. The molecule has 5 heteroatoms. The van der Waals surface area contributed by atoms with Gasteiger partial charge >= 0.3 is 0 Å². The first-order chi connectivity index (χ1) is 12.0. The van der Waals surface area contributed by atoms with Crippen molar-refractivity contribution >= 4 is 37.5 Å². The van der Waals surface area contributed by atoms with Gasteiger partial charge in [-0.2, -0.15) is 0 Å². The van der Waals surface area contributed by atoms with Crippen molar-refractivity contribution in [3.63, 3.8) is 0 Å². The van der Waals surface area contributed by atoms with Crippen LogP contribution in [0.1, 0.15) is 14.9 Å². The molecule has 2 aromatic carbocycles. The van der Waals surface area contributed by atoms with Crippen LogP contribution in [-0.4, -0.2) is 9.13 Å². The van der Waals surface area contributed by atoms with Crippen molar-refractivity contribution in [2.75, 3.05) is 0 Å². The molecule has 0 spiro atoms. The molecule has 0 aliphatic carbocycles. The van der Waals surface area contributed by atoms with Crippen LogP contribution in [0.4, 0.5) is 0 Å². The molecule has 0 unspecified atom stereocenters. The second-order valence-corrected chi connectivity index (χ2v) is 6.61. The van der Waals surface area contributed by atoms with Gasteiger partial charge in [0, 0.05) is 47.1 Å². The van der Waals surface area contributed by atoms with Crippen LogP contribution in [0.15, 0.2) is 81.1 Å². The van der Waals surface area contributed by atoms with Crippen LogP contribution in [-0.2, 0) is 14.1 Å². The summed E-state index contributed by atoms with van der Waals surface area (Å²) in [6.45, 7) is 0. The lowest BCUT2D eigenvalue weighted by atomic mass is 10.2. The van der Waals surface area contributed by atoms with E-state index in [1.807, 2.05) is 54.6 Å². The molecule has 0 bridgehead atoms. The largest absolute Gasteiger partial charge is 0.318 e. The smallest absolute Gasteiger partial charge is 0.258 e. The van der Waals surface area contributed by atoms with Crippen LogP contribution < -0.4 is 11.1 Å². The second kappa shape index (κ2) is 9.33. The SMILES string of the molecule is C.C.Cn1cc(Br)c2ccccc2c1=O.Cn1ccc2ccccc2c1=O. The fraction of sp³-hybridized carbons (Fsp3) is 0.182. The van der Waals surface area contributed by atoms with E-state index in [0.717, 1.165) is 26.0 Å². The summed E-state index contributed by atoms with van der Waals surface area (Å²) in [6, 6.07) is 17.1. The highest BCUT2D eigenvalue weighted by atomic mass is 79.9. The molecular weight excluding hydrogens is 404 g/mol. The van der Waals surface area contributed by atoms with Crippen LogP contribution in [0.2, 0.25) is 0 Å². The Bertz CT molecular complexity index is 1180. The zero-order valence-corrected chi connectivity index (χ0v) is 15.5. The number of nitrogens with zero attached hydrogens (tertiary/aromatic N) is 2. The van der Waals surface area contributed by atoms with Crippen molar-refractivity contribution in [3.8, 4) is 0 Å². The number of hydrogen-bond acceptors (Lipinski definition) is 2. The van der Waals surface area contributed by atoms with Gasteiger partial charge in [0.1, 0.15) is 0 Å². The predicted octanol–water partition coefficient (Wildman–Crippen LogP) is 5.11. The zero-order chi connectivity index (χ0) is 18.0. The van der Waals surface area contributed by atoms with Crippen LogP contribution >= 0.6 is 15.9 Å². The molecule has 4 aromatic rings. The number of pyridine rings is 2. The van der Waals surface area contributed by atoms with Crippen LogP contribution in [0.25, 0.3) is 21.5 Å². The maximum atomic E-state index is 11.6. The second-order valence-electron chi connectivity index (χ2n) is 5.76. The maximum Gasteiger partial charge on any atom is 0.258 e. The number of hydrogen-bond donors (Lipinski definition) is 0. The number of aryl methyl sites for hydroxylation is 2. The minimum absolute atomic E-state index is 0. The molecule has 2 heterocycles. The molecule has 2 aromatic heterocycles. The minimum atomic E-state index is 0. The highest BCUT2D eigenvalue weighted by Gasteiger charge is 2.02. The Hall–Kier alpha value is -2.66. The summed E-state index contributed by atoms with van der Waals surface area (Å²) >= 11 is 3.42. The number of rotatable bonds is 0. The molecule has 0 fully saturated rings. The molecule has 0 radical (unpaired) electrons. The Morgan fingerprint density at radius 1 is 0.704 bits per heavy atom. The number of halogens is 1. The summed E-state index contributed by atoms with van der Waals surface area (Å²) in [5, 5.41) is 3.49. The normalized spacial score (nSPS) is 9.74. The third-order valence-electron chi connectivity index (χ3n) is 4.03. The summed E-state index contributed by atoms with van der Waals surface area (Å²) in [4.78, 5) is 23.1. The molecule has 0 aliphatic heterocycles. The first-order valence-electron chi connectivity index (χ1n) is 7.77. The Labute approximate surface area is 167 Å². The Balaban J connectivity index is 0.000000252. The van der Waals surface area contributed by atoms with E-state index in [1.54, 1.807) is 35.6 Å². The molecule has 4 nitrogen and oxygen atoms in total. The van der Waals surface area contributed by atoms with Gasteiger partial charge in [0.25, 0.3) is 11.1 Å². The summed E-state index contributed by atoms with van der Waals surface area (Å²) in [7, 11) is 3.51. The van der Waals surface area contributed by atoms with Gasteiger partial charge in [0.2, 0.25) is 0 Å². The van der Waals surface area contributed by atoms with Crippen molar-refractivity contribution < 1.29 is 0 Å². The quantitative estimate of drug-likeness (QED) is 0.390. The maximum absolute atomic E-state index is 11.6. The molecule has 0 amide bonds. The summed E-state index contributed by atoms with van der Waals surface area (Å²) < 4.78 is 4.11. The molecule has 0 aliphatic rings. The van der Waals surface area contributed by atoms with Gasteiger partial charge in [-0.15, -0.1) is 0 Å². The summed E-state index contributed by atoms with van der Waals surface area (Å²) in [5.41, 5.74) is 0.104. The first-order valence-corrected chi connectivity index (χ1v) is 8.56. The highest BCUT2D eigenvalue weighted by molar-refractivity contribution is 9.10. The summed E-state index contributed by atoms with van der Waals surface area (Å²) in [5.74, 6) is 0. The molecule has 0 saturated carbocycles. The monoisotopic (exact) mass is 428 g/mol. The molecule has 142 valence electrons. The van der Waals surface area contributed by atoms with E-state index in [9.17, 15) is 9.59 Å². The standard InChI is InChI=1S/C10H8BrNO.C10H9NO.2CH4/c1-12-6-9(11)7-4-2-3-5-8(7)10(12)13;1-11-7-6-8-4-2-3-5-9(8)10(11)12;;/h2-6H,1H3;2-7H,1H3;2*1H4. The van der Waals surface area contributed by atoms with Crippen molar-refractivity contribution in [2.45, 2.75) is 14.9 Å². The van der Waals surface area contributed by atoms with Crippen molar-refractivity contribution in [3.05, 3.63) is 92.2 Å². The van der Waals surface area contributed by atoms with Gasteiger partial charge in [0.05, 0.1) is 0 Å². The molecule has 4 rings (SSSR count). The molecule has 27 heavy (non-hydrogen) atoms.